The molecule has 0 unspecified atom stereocenters. The molecule has 0 aliphatic rings. The first-order valence-electron chi connectivity index (χ1n) is 6.12. The van der Waals surface area contributed by atoms with E-state index in [1.165, 1.54) is 0 Å². The second-order valence-corrected chi connectivity index (χ2v) is 5.37. The Hall–Kier alpha value is -0.770. The SMILES string of the molecule is CCC(CC)(CC)NC(=O)c1cc(Br)cn1C. The molecule has 3 nitrogen and oxygen atoms in total. The Balaban J connectivity index is 2.88. The Kier molecular flexibility index (Phi) is 4.80. The van der Waals surface area contributed by atoms with Gasteiger partial charge in [-0.15, -0.1) is 0 Å². The maximum absolute atomic E-state index is 12.2. The molecule has 0 saturated carbocycles. The highest BCUT2D eigenvalue weighted by molar-refractivity contribution is 9.10. The van der Waals surface area contributed by atoms with Crippen LogP contribution in [0.15, 0.2) is 16.7 Å². The number of nitrogens with zero attached hydrogens (tertiary/aromatic N) is 1. The zero-order valence-corrected chi connectivity index (χ0v) is 12.6. The van der Waals surface area contributed by atoms with E-state index >= 15 is 0 Å². The van der Waals surface area contributed by atoms with Gasteiger partial charge in [0.15, 0.2) is 0 Å². The van der Waals surface area contributed by atoms with Crippen LogP contribution in [-0.2, 0) is 7.05 Å². The molecule has 0 radical (unpaired) electrons. The lowest BCUT2D eigenvalue weighted by Crippen LogP contribution is -2.47. The van der Waals surface area contributed by atoms with Gasteiger partial charge in [0.1, 0.15) is 5.69 Å². The normalized spacial score (nSPS) is 11.6. The fourth-order valence-corrected chi connectivity index (χ4v) is 2.59. The second kappa shape index (κ2) is 5.71. The number of rotatable bonds is 5. The molecule has 1 N–H and O–H groups in total. The molecule has 0 fully saturated rings. The summed E-state index contributed by atoms with van der Waals surface area (Å²) < 4.78 is 2.77. The van der Waals surface area contributed by atoms with E-state index in [4.69, 9.17) is 0 Å². The topological polar surface area (TPSA) is 34.0 Å². The third kappa shape index (κ3) is 3.12. The van der Waals surface area contributed by atoms with E-state index in [2.05, 4.69) is 42.0 Å². The Morgan fingerprint density at radius 2 is 1.88 bits per heavy atom. The van der Waals surface area contributed by atoms with Gasteiger partial charge in [-0.3, -0.25) is 4.79 Å². The van der Waals surface area contributed by atoms with Crippen LogP contribution in [0, 0.1) is 0 Å². The Morgan fingerprint density at radius 1 is 1.35 bits per heavy atom. The van der Waals surface area contributed by atoms with Crippen LogP contribution in [0.3, 0.4) is 0 Å². The molecule has 1 amide bonds. The van der Waals surface area contributed by atoms with Crippen LogP contribution in [0.1, 0.15) is 50.5 Å². The van der Waals surface area contributed by atoms with Crippen molar-refractivity contribution in [2.45, 2.75) is 45.6 Å². The van der Waals surface area contributed by atoms with Gasteiger partial charge < -0.3 is 9.88 Å². The van der Waals surface area contributed by atoms with Crippen LogP contribution in [0.5, 0.6) is 0 Å². The highest BCUT2D eigenvalue weighted by Crippen LogP contribution is 2.21. The molecule has 0 aromatic carbocycles. The van der Waals surface area contributed by atoms with Crippen LogP contribution < -0.4 is 5.32 Å². The van der Waals surface area contributed by atoms with Gasteiger partial charge in [0.05, 0.1) is 0 Å². The monoisotopic (exact) mass is 300 g/mol. The summed E-state index contributed by atoms with van der Waals surface area (Å²) in [6.45, 7) is 6.36. The van der Waals surface area contributed by atoms with Gasteiger partial charge in [-0.2, -0.15) is 0 Å². The van der Waals surface area contributed by atoms with Crippen LogP contribution in [0.2, 0.25) is 0 Å². The summed E-state index contributed by atoms with van der Waals surface area (Å²) in [7, 11) is 1.88. The summed E-state index contributed by atoms with van der Waals surface area (Å²) in [5.41, 5.74) is 0.616. The minimum atomic E-state index is -0.0756. The van der Waals surface area contributed by atoms with Crippen LogP contribution >= 0.6 is 15.9 Å². The summed E-state index contributed by atoms with van der Waals surface area (Å²) >= 11 is 3.38. The van der Waals surface area contributed by atoms with Gasteiger partial charge in [0.2, 0.25) is 0 Å². The molecule has 0 atom stereocenters. The van der Waals surface area contributed by atoms with Crippen molar-refractivity contribution in [3.63, 3.8) is 0 Å². The quantitative estimate of drug-likeness (QED) is 0.887. The average molecular weight is 301 g/mol. The summed E-state index contributed by atoms with van der Waals surface area (Å²) in [4.78, 5) is 12.2. The van der Waals surface area contributed by atoms with Crippen molar-refractivity contribution in [2.75, 3.05) is 0 Å². The maximum atomic E-state index is 12.2. The molecule has 1 heterocycles. The van der Waals surface area contributed by atoms with Crippen molar-refractivity contribution in [1.82, 2.24) is 9.88 Å². The first-order valence-corrected chi connectivity index (χ1v) is 6.91. The minimum absolute atomic E-state index is 0.00347. The van der Waals surface area contributed by atoms with E-state index < -0.39 is 0 Å². The average Bonchev–Trinajstić information content (AvgIpc) is 2.65. The van der Waals surface area contributed by atoms with Crippen LogP contribution in [0.25, 0.3) is 0 Å². The van der Waals surface area contributed by atoms with Crippen molar-refractivity contribution in [2.24, 2.45) is 7.05 Å². The summed E-state index contributed by atoms with van der Waals surface area (Å²) in [6.07, 6.45) is 4.76. The van der Waals surface area contributed by atoms with Gasteiger partial charge in [0, 0.05) is 23.3 Å². The summed E-state index contributed by atoms with van der Waals surface area (Å²) in [5.74, 6) is 0.00347. The highest BCUT2D eigenvalue weighted by Gasteiger charge is 2.27. The number of hydrogen-bond acceptors (Lipinski definition) is 1. The van der Waals surface area contributed by atoms with Gasteiger partial charge in [-0.25, -0.2) is 0 Å². The fourth-order valence-electron chi connectivity index (χ4n) is 2.07. The van der Waals surface area contributed by atoms with Crippen molar-refractivity contribution in [3.05, 3.63) is 22.4 Å². The molecule has 0 aliphatic carbocycles. The zero-order chi connectivity index (χ0) is 13.1. The van der Waals surface area contributed by atoms with Crippen molar-refractivity contribution in [3.8, 4) is 0 Å². The second-order valence-electron chi connectivity index (χ2n) is 4.45. The molecular formula is C13H21BrN2O. The molecule has 4 heteroatoms. The van der Waals surface area contributed by atoms with Gasteiger partial charge in [0.25, 0.3) is 5.91 Å². The molecule has 96 valence electrons. The Morgan fingerprint density at radius 3 is 2.24 bits per heavy atom. The first kappa shape index (κ1) is 14.3. The number of halogens is 1. The standard InChI is InChI=1S/C13H21BrN2O/c1-5-13(6-2,7-3)15-12(17)11-8-10(14)9-16(11)4/h8-9H,5-7H2,1-4H3,(H,15,17). The molecule has 0 spiro atoms. The largest absolute Gasteiger partial charge is 0.345 e. The smallest absolute Gasteiger partial charge is 0.268 e. The van der Waals surface area contributed by atoms with E-state index in [0.29, 0.717) is 5.69 Å². The van der Waals surface area contributed by atoms with E-state index in [1.807, 2.05) is 23.9 Å². The van der Waals surface area contributed by atoms with E-state index in [9.17, 15) is 4.79 Å². The molecule has 0 saturated heterocycles. The predicted molar refractivity (Wildman–Crippen MR) is 74.2 cm³/mol. The number of aryl methyl sites for hydroxylation is 1. The minimum Gasteiger partial charge on any atom is -0.345 e. The lowest BCUT2D eigenvalue weighted by Gasteiger charge is -2.31. The van der Waals surface area contributed by atoms with Crippen LogP contribution in [-0.4, -0.2) is 16.0 Å². The number of carbonyl (C=O) groups excluding carboxylic acids is 1. The number of amides is 1. The lowest BCUT2D eigenvalue weighted by atomic mass is 9.89. The predicted octanol–water partition coefficient (Wildman–Crippen LogP) is 3.49. The fraction of sp³-hybridized carbons (Fsp3) is 0.615. The van der Waals surface area contributed by atoms with Gasteiger partial charge >= 0.3 is 0 Å². The van der Waals surface area contributed by atoms with Crippen molar-refractivity contribution in [1.29, 1.82) is 0 Å². The summed E-state index contributed by atoms with van der Waals surface area (Å²) in [5, 5.41) is 3.17. The number of carbonyl (C=O) groups is 1. The lowest BCUT2D eigenvalue weighted by molar-refractivity contribution is 0.0880. The highest BCUT2D eigenvalue weighted by atomic mass is 79.9. The van der Waals surface area contributed by atoms with E-state index in [1.54, 1.807) is 0 Å². The van der Waals surface area contributed by atoms with Gasteiger partial charge in [-0.1, -0.05) is 20.8 Å². The third-order valence-electron chi connectivity index (χ3n) is 3.61. The maximum Gasteiger partial charge on any atom is 0.268 e. The van der Waals surface area contributed by atoms with E-state index in [0.717, 1.165) is 23.7 Å². The molecular weight excluding hydrogens is 280 g/mol. The molecule has 1 aromatic heterocycles. The first-order chi connectivity index (χ1) is 7.98. The Bertz CT molecular complexity index is 386. The molecule has 0 aliphatic heterocycles. The van der Waals surface area contributed by atoms with Crippen LogP contribution in [0.4, 0.5) is 0 Å². The van der Waals surface area contributed by atoms with Crippen molar-refractivity contribution < 1.29 is 4.79 Å². The number of aromatic nitrogens is 1. The summed E-state index contributed by atoms with van der Waals surface area (Å²) in [6, 6.07) is 1.85. The third-order valence-corrected chi connectivity index (χ3v) is 4.05. The molecule has 1 aromatic rings. The van der Waals surface area contributed by atoms with Gasteiger partial charge in [-0.05, 0) is 41.3 Å². The number of hydrogen-bond donors (Lipinski definition) is 1. The Labute approximate surface area is 112 Å². The van der Waals surface area contributed by atoms with E-state index in [-0.39, 0.29) is 11.4 Å². The molecule has 0 bridgehead atoms. The molecule has 1 rings (SSSR count). The zero-order valence-electron chi connectivity index (χ0n) is 11.0. The van der Waals surface area contributed by atoms with Crippen molar-refractivity contribution >= 4 is 21.8 Å². The number of nitrogens with one attached hydrogen (secondary N) is 1. The molecule has 17 heavy (non-hydrogen) atoms.